The number of carbonyl (C=O) groups excluding carboxylic acids is 1. The van der Waals surface area contributed by atoms with Gasteiger partial charge in [0.2, 0.25) is 0 Å². The van der Waals surface area contributed by atoms with Crippen molar-refractivity contribution in [3.63, 3.8) is 0 Å². The molecular weight excluding hydrogens is 362 g/mol. The van der Waals surface area contributed by atoms with Gasteiger partial charge in [0, 0.05) is 12.1 Å². The maximum absolute atomic E-state index is 12.6. The second-order valence-corrected chi connectivity index (χ2v) is 7.66. The fourth-order valence-corrected chi connectivity index (χ4v) is 4.06. The van der Waals surface area contributed by atoms with E-state index in [2.05, 4.69) is 18.2 Å². The van der Waals surface area contributed by atoms with Gasteiger partial charge in [-0.1, -0.05) is 73.9 Å². The van der Waals surface area contributed by atoms with Crippen molar-refractivity contribution in [1.82, 2.24) is 4.90 Å². The van der Waals surface area contributed by atoms with Crippen molar-refractivity contribution in [2.24, 2.45) is 11.8 Å². The van der Waals surface area contributed by atoms with Crippen molar-refractivity contribution >= 4 is 6.09 Å². The number of ether oxygens (including phenoxy) is 2. The zero-order valence-corrected chi connectivity index (χ0v) is 16.6. The number of allylic oxidation sites excluding steroid dienone is 1. The number of hydrogen-bond donors (Lipinski definition) is 0. The summed E-state index contributed by atoms with van der Waals surface area (Å²) in [5.74, 6) is 2.14. The molecule has 2 aromatic carbocycles. The lowest BCUT2D eigenvalue weighted by atomic mass is 9.78. The van der Waals surface area contributed by atoms with Crippen LogP contribution in [0, 0.1) is 11.8 Å². The normalized spacial score (nSPS) is 19.5. The Morgan fingerprint density at radius 3 is 2.34 bits per heavy atom. The number of benzene rings is 2. The highest BCUT2D eigenvalue weighted by Gasteiger charge is 2.30. The third-order valence-corrected chi connectivity index (χ3v) is 5.61. The Bertz CT molecular complexity index is 854. The predicted octanol–water partition coefficient (Wildman–Crippen LogP) is 6.27. The minimum Gasteiger partial charge on any atom is -0.491 e. The van der Waals surface area contributed by atoms with E-state index in [0.717, 1.165) is 11.3 Å². The molecule has 1 amide bonds. The third kappa shape index (κ3) is 5.08. The second kappa shape index (κ2) is 9.46. The SMILES string of the molecule is O=C(Oc1ccccc1)N1C=CC(C2CCCCC2)C(OCc2ccccc2)=C1. The molecule has 1 heterocycles. The molecule has 0 aromatic heterocycles. The van der Waals surface area contributed by atoms with Gasteiger partial charge in [-0.3, -0.25) is 4.90 Å². The van der Waals surface area contributed by atoms with Gasteiger partial charge in [0.15, 0.2) is 0 Å². The van der Waals surface area contributed by atoms with Crippen molar-refractivity contribution in [1.29, 1.82) is 0 Å². The van der Waals surface area contributed by atoms with Crippen LogP contribution in [0.15, 0.2) is 84.9 Å². The number of amides is 1. The zero-order valence-electron chi connectivity index (χ0n) is 16.6. The largest absolute Gasteiger partial charge is 0.491 e. The first-order valence-electron chi connectivity index (χ1n) is 10.4. The van der Waals surface area contributed by atoms with Crippen LogP contribution < -0.4 is 4.74 Å². The van der Waals surface area contributed by atoms with E-state index >= 15 is 0 Å². The molecule has 0 spiro atoms. The predicted molar refractivity (Wildman–Crippen MR) is 113 cm³/mol. The Labute approximate surface area is 172 Å². The van der Waals surface area contributed by atoms with Crippen molar-refractivity contribution < 1.29 is 14.3 Å². The average Bonchev–Trinajstić information content (AvgIpc) is 2.79. The first-order chi connectivity index (χ1) is 14.3. The van der Waals surface area contributed by atoms with Crippen LogP contribution in [0.3, 0.4) is 0 Å². The molecule has 0 bridgehead atoms. The Hall–Kier alpha value is -3.01. The lowest BCUT2D eigenvalue weighted by Gasteiger charge is -2.33. The summed E-state index contributed by atoms with van der Waals surface area (Å²) in [4.78, 5) is 14.1. The molecular formula is C25H27NO3. The number of carbonyl (C=O) groups is 1. The summed E-state index contributed by atoms with van der Waals surface area (Å²) in [6.07, 6.45) is 11.5. The van der Waals surface area contributed by atoms with E-state index in [1.54, 1.807) is 18.3 Å². The van der Waals surface area contributed by atoms with Gasteiger partial charge in [-0.2, -0.15) is 0 Å². The molecule has 1 unspecified atom stereocenters. The van der Waals surface area contributed by atoms with E-state index < -0.39 is 6.09 Å². The molecule has 1 aliphatic heterocycles. The molecule has 1 aliphatic carbocycles. The molecule has 29 heavy (non-hydrogen) atoms. The van der Waals surface area contributed by atoms with Gasteiger partial charge in [-0.15, -0.1) is 0 Å². The number of nitrogens with zero attached hydrogens (tertiary/aromatic N) is 1. The summed E-state index contributed by atoms with van der Waals surface area (Å²) < 4.78 is 11.7. The van der Waals surface area contributed by atoms with Crippen molar-refractivity contribution in [2.75, 3.05) is 0 Å². The van der Waals surface area contributed by atoms with Crippen molar-refractivity contribution in [3.8, 4) is 5.75 Å². The molecule has 0 radical (unpaired) electrons. The second-order valence-electron chi connectivity index (χ2n) is 7.66. The van der Waals surface area contributed by atoms with Crippen molar-refractivity contribution in [2.45, 2.75) is 38.7 Å². The van der Waals surface area contributed by atoms with E-state index in [4.69, 9.17) is 9.47 Å². The lowest BCUT2D eigenvalue weighted by molar-refractivity contribution is 0.132. The molecule has 1 saturated carbocycles. The lowest BCUT2D eigenvalue weighted by Crippen LogP contribution is -2.30. The molecule has 150 valence electrons. The summed E-state index contributed by atoms with van der Waals surface area (Å²) >= 11 is 0. The van der Waals surface area contributed by atoms with Gasteiger partial charge in [0.25, 0.3) is 0 Å². The Morgan fingerprint density at radius 1 is 0.931 bits per heavy atom. The number of rotatable bonds is 5. The fraction of sp³-hybridized carbons (Fsp3) is 0.320. The highest BCUT2D eigenvalue weighted by atomic mass is 16.6. The van der Waals surface area contributed by atoms with Crippen LogP contribution in [-0.4, -0.2) is 11.0 Å². The molecule has 0 saturated heterocycles. The molecule has 1 atom stereocenters. The molecule has 4 heteroatoms. The highest BCUT2D eigenvalue weighted by Crippen LogP contribution is 2.37. The topological polar surface area (TPSA) is 38.8 Å². The number of para-hydroxylation sites is 1. The van der Waals surface area contributed by atoms with Crippen LogP contribution in [0.4, 0.5) is 4.79 Å². The Balaban J connectivity index is 1.49. The highest BCUT2D eigenvalue weighted by molar-refractivity contribution is 5.73. The first-order valence-corrected chi connectivity index (χ1v) is 10.4. The summed E-state index contributed by atoms with van der Waals surface area (Å²) in [5.41, 5.74) is 1.11. The Kier molecular flexibility index (Phi) is 6.30. The van der Waals surface area contributed by atoms with Crippen LogP contribution >= 0.6 is 0 Å². The summed E-state index contributed by atoms with van der Waals surface area (Å²) in [6.45, 7) is 0.491. The summed E-state index contributed by atoms with van der Waals surface area (Å²) in [6, 6.07) is 19.2. The van der Waals surface area contributed by atoms with Crippen LogP contribution in [0.1, 0.15) is 37.7 Å². The molecule has 4 rings (SSSR count). The van der Waals surface area contributed by atoms with Crippen LogP contribution in [-0.2, 0) is 11.3 Å². The van der Waals surface area contributed by atoms with Crippen LogP contribution in [0.5, 0.6) is 5.75 Å². The maximum atomic E-state index is 12.6. The van der Waals surface area contributed by atoms with E-state index in [1.165, 1.54) is 37.0 Å². The summed E-state index contributed by atoms with van der Waals surface area (Å²) in [7, 11) is 0. The zero-order chi connectivity index (χ0) is 19.9. The smallest absolute Gasteiger partial charge is 0.423 e. The standard InChI is InChI=1S/C25H27NO3/c27-25(29-22-14-8-3-9-15-22)26-17-16-23(21-12-6-2-7-13-21)24(18-26)28-19-20-10-4-1-5-11-20/h1,3-5,8-11,14-18,21,23H,2,6-7,12-13,19H2. The van der Waals surface area contributed by atoms with Crippen LogP contribution in [0.2, 0.25) is 0 Å². The molecule has 1 fully saturated rings. The quantitative estimate of drug-likeness (QED) is 0.605. The van der Waals surface area contributed by atoms with Gasteiger partial charge in [-0.25, -0.2) is 4.79 Å². The average molecular weight is 389 g/mol. The maximum Gasteiger partial charge on any atom is 0.423 e. The van der Waals surface area contributed by atoms with E-state index in [1.807, 2.05) is 42.6 Å². The van der Waals surface area contributed by atoms with E-state index in [9.17, 15) is 4.79 Å². The molecule has 2 aromatic rings. The number of hydrogen-bond acceptors (Lipinski definition) is 3. The summed E-state index contributed by atoms with van der Waals surface area (Å²) in [5, 5.41) is 0. The first kappa shape index (κ1) is 19.3. The van der Waals surface area contributed by atoms with Gasteiger partial charge in [-0.05, 0) is 36.5 Å². The van der Waals surface area contributed by atoms with E-state index in [0.29, 0.717) is 18.3 Å². The van der Waals surface area contributed by atoms with Gasteiger partial charge in [0.05, 0.1) is 6.20 Å². The minimum absolute atomic E-state index is 0.208. The third-order valence-electron chi connectivity index (χ3n) is 5.61. The monoisotopic (exact) mass is 389 g/mol. The molecule has 2 aliphatic rings. The molecule has 4 nitrogen and oxygen atoms in total. The van der Waals surface area contributed by atoms with Gasteiger partial charge >= 0.3 is 6.09 Å². The fourth-order valence-electron chi connectivity index (χ4n) is 4.06. The van der Waals surface area contributed by atoms with Gasteiger partial charge in [0.1, 0.15) is 18.1 Å². The van der Waals surface area contributed by atoms with Gasteiger partial charge < -0.3 is 9.47 Å². The van der Waals surface area contributed by atoms with Crippen LogP contribution in [0.25, 0.3) is 0 Å². The van der Waals surface area contributed by atoms with Crippen molar-refractivity contribution in [3.05, 3.63) is 90.5 Å². The van der Waals surface area contributed by atoms with E-state index in [-0.39, 0.29) is 5.92 Å². The molecule has 0 N–H and O–H groups in total. The minimum atomic E-state index is -0.435. The Morgan fingerprint density at radius 2 is 1.62 bits per heavy atom.